The topological polar surface area (TPSA) is 0 Å². The van der Waals surface area contributed by atoms with Crippen molar-refractivity contribution in [1.29, 1.82) is 0 Å². The Hall–Kier alpha value is -0.781. The molecule has 2 aromatic carbocycles. The zero-order chi connectivity index (χ0) is 19.9. The molecule has 0 heterocycles. The van der Waals surface area contributed by atoms with Crippen molar-refractivity contribution in [3.63, 3.8) is 0 Å². The van der Waals surface area contributed by atoms with E-state index in [9.17, 15) is 0 Å². The summed E-state index contributed by atoms with van der Waals surface area (Å²) in [6.07, 6.45) is 27.9. The molecule has 0 nitrogen and oxygen atoms in total. The van der Waals surface area contributed by atoms with Crippen molar-refractivity contribution in [2.24, 2.45) is 0 Å². The number of hydrogen-bond acceptors (Lipinski definition) is 0. The molecular weight excluding hydrogens is 416 g/mol. The Morgan fingerprint density at radius 1 is 0.355 bits per heavy atom. The fourth-order valence-electron chi connectivity index (χ4n) is 7.86. The van der Waals surface area contributed by atoms with Gasteiger partial charge in [0.25, 0.3) is 0 Å². The molecule has 0 unspecified atom stereocenters. The summed E-state index contributed by atoms with van der Waals surface area (Å²) < 4.78 is 0. The first kappa shape index (κ1) is 22.0. The van der Waals surface area contributed by atoms with Gasteiger partial charge in [0, 0.05) is 17.1 Å². The largest absolute Gasteiger partial charge is 0.727 e. The van der Waals surface area contributed by atoms with Crippen LogP contribution in [-0.2, 0) is 81.3 Å². The normalized spacial score (nSPS) is 21.3. The minimum Gasteiger partial charge on any atom is -0.727 e. The van der Waals surface area contributed by atoms with Crippen LogP contribution >= 0.6 is 0 Å². The van der Waals surface area contributed by atoms with Crippen LogP contribution in [0.4, 0.5) is 0 Å². The van der Waals surface area contributed by atoms with E-state index in [-0.39, 0.29) is 17.1 Å². The Balaban J connectivity index is 0.00000204. The van der Waals surface area contributed by atoms with E-state index in [1.807, 2.05) is 55.6 Å². The van der Waals surface area contributed by atoms with Gasteiger partial charge in [-0.05, 0) is 0 Å². The van der Waals surface area contributed by atoms with Crippen molar-refractivity contribution < 1.29 is 17.1 Å². The van der Waals surface area contributed by atoms with Gasteiger partial charge in [-0.15, -0.1) is 0 Å². The average molecular weight is 456 g/mol. The molecule has 1 heteroatoms. The molecule has 31 heavy (non-hydrogen) atoms. The van der Waals surface area contributed by atoms with E-state index in [0.717, 1.165) is 0 Å². The minimum atomic E-state index is 0. The van der Waals surface area contributed by atoms with E-state index in [1.165, 1.54) is 128 Å². The zero-order valence-corrected chi connectivity index (χ0v) is 20.6. The van der Waals surface area contributed by atoms with Crippen molar-refractivity contribution in [2.75, 3.05) is 0 Å². The molecule has 174 valence electrons. The Morgan fingerprint density at radius 3 is 1.10 bits per heavy atom. The maximum atomic E-state index is 1.87. The van der Waals surface area contributed by atoms with Crippen molar-refractivity contribution in [1.82, 2.24) is 0 Å². The molecule has 0 amide bonds. The van der Waals surface area contributed by atoms with Crippen LogP contribution in [0.3, 0.4) is 0 Å². The van der Waals surface area contributed by atoms with E-state index in [4.69, 9.17) is 0 Å². The molecule has 5 aliphatic carbocycles. The molecule has 7 rings (SSSR count). The molecule has 0 radical (unpaired) electrons. The standard InChI is InChI=1S/C30H40.Fe/c1-2-12-22-25-15-5-3-13-23-21(11-1)24-14-4-6-16-26(22)30-20-10-8-18-28(24)27(23)17-7-9-19-29(25)30;/h1-20H2;/q-6;. The van der Waals surface area contributed by atoms with Crippen LogP contribution in [-0.4, -0.2) is 0 Å². The van der Waals surface area contributed by atoms with Gasteiger partial charge in [0.05, 0.1) is 0 Å². The summed E-state index contributed by atoms with van der Waals surface area (Å²) in [7, 11) is 0. The van der Waals surface area contributed by atoms with E-state index in [2.05, 4.69) is 0 Å². The third kappa shape index (κ3) is 3.93. The third-order valence-electron chi connectivity index (χ3n) is 9.16. The summed E-state index contributed by atoms with van der Waals surface area (Å²) in [6.45, 7) is 0. The number of hydrogen-bond donors (Lipinski definition) is 0. The maximum Gasteiger partial charge on any atom is 0 e. The predicted octanol–water partition coefficient (Wildman–Crippen LogP) is 7.20. The Morgan fingerprint density at radius 2 is 0.677 bits per heavy atom. The van der Waals surface area contributed by atoms with Gasteiger partial charge in [-0.3, -0.25) is 0 Å². The Bertz CT molecular complexity index is 638. The van der Waals surface area contributed by atoms with Crippen LogP contribution in [0.25, 0.3) is 0 Å². The van der Waals surface area contributed by atoms with Gasteiger partial charge in [0.15, 0.2) is 0 Å². The molecule has 10 bridgehead atoms. The van der Waals surface area contributed by atoms with Crippen molar-refractivity contribution in [2.45, 2.75) is 128 Å². The van der Waals surface area contributed by atoms with Crippen LogP contribution in [0.5, 0.6) is 0 Å². The summed E-state index contributed by atoms with van der Waals surface area (Å²) in [5.41, 5.74) is 18.7. The molecule has 0 saturated carbocycles. The first-order chi connectivity index (χ1) is 14.9. The van der Waals surface area contributed by atoms with Crippen molar-refractivity contribution in [3.8, 4) is 0 Å². The van der Waals surface area contributed by atoms with E-state index < -0.39 is 0 Å². The molecule has 0 atom stereocenters. The van der Waals surface area contributed by atoms with E-state index in [0.29, 0.717) is 0 Å². The summed E-state index contributed by atoms with van der Waals surface area (Å²) in [6, 6.07) is 0. The number of fused-ring (bicyclic) bond motifs is 15. The van der Waals surface area contributed by atoms with Crippen LogP contribution in [0.1, 0.15) is 120 Å². The summed E-state index contributed by atoms with van der Waals surface area (Å²) in [5.74, 6) is 0. The molecule has 0 saturated heterocycles. The summed E-state index contributed by atoms with van der Waals surface area (Å²) in [5, 5.41) is 0. The molecular formula is C30H40Fe-6. The van der Waals surface area contributed by atoms with Gasteiger partial charge < -0.3 is 27.8 Å². The zero-order valence-electron chi connectivity index (χ0n) is 19.5. The molecule has 0 fully saturated rings. The Kier molecular flexibility index (Phi) is 6.83. The third-order valence-corrected chi connectivity index (χ3v) is 9.16. The van der Waals surface area contributed by atoms with Crippen LogP contribution < -0.4 is 0 Å². The van der Waals surface area contributed by atoms with Crippen molar-refractivity contribution in [3.05, 3.63) is 55.6 Å². The monoisotopic (exact) mass is 456 g/mol. The molecule has 0 aliphatic heterocycles. The van der Waals surface area contributed by atoms with E-state index in [1.54, 1.807) is 0 Å². The van der Waals surface area contributed by atoms with Gasteiger partial charge in [-0.2, -0.15) is 27.8 Å². The minimum absolute atomic E-state index is 0. The maximum absolute atomic E-state index is 1.87. The second kappa shape index (κ2) is 9.60. The second-order valence-corrected chi connectivity index (χ2v) is 10.8. The van der Waals surface area contributed by atoms with Crippen LogP contribution in [0, 0.1) is 0 Å². The number of rotatable bonds is 0. The van der Waals surface area contributed by atoms with Gasteiger partial charge >= 0.3 is 0 Å². The smallest absolute Gasteiger partial charge is 0 e. The van der Waals surface area contributed by atoms with Gasteiger partial charge in [0.1, 0.15) is 0 Å². The SMILES string of the molecule is C1CC[c-]2[c-]3[c-]4[c-]5[c-]2CCCCc2c(c(c([c-]2CCCC5)CCCC4)CCCC3)C1.[Fe]. The summed E-state index contributed by atoms with van der Waals surface area (Å²) in [4.78, 5) is 0. The van der Waals surface area contributed by atoms with Gasteiger partial charge in [0.2, 0.25) is 0 Å². The van der Waals surface area contributed by atoms with E-state index >= 15 is 0 Å². The Labute approximate surface area is 200 Å². The van der Waals surface area contributed by atoms with Gasteiger partial charge in [-0.1, -0.05) is 96.3 Å². The fraction of sp³-hybridized carbons (Fsp3) is 0.667. The first-order valence-electron chi connectivity index (χ1n) is 13.5. The second-order valence-electron chi connectivity index (χ2n) is 10.8. The first-order valence-corrected chi connectivity index (χ1v) is 13.5. The van der Waals surface area contributed by atoms with Gasteiger partial charge in [-0.25, -0.2) is 32.1 Å². The average Bonchev–Trinajstić information content (AvgIpc) is 3.12. The molecule has 2 aromatic rings. The molecule has 0 spiro atoms. The fourth-order valence-corrected chi connectivity index (χ4v) is 7.86. The predicted molar refractivity (Wildman–Crippen MR) is 127 cm³/mol. The molecule has 0 N–H and O–H groups in total. The van der Waals surface area contributed by atoms with Crippen molar-refractivity contribution >= 4 is 0 Å². The molecule has 5 aliphatic rings. The quantitative estimate of drug-likeness (QED) is 0.290. The molecule has 0 aromatic heterocycles. The summed E-state index contributed by atoms with van der Waals surface area (Å²) >= 11 is 0. The van der Waals surface area contributed by atoms with Crippen LogP contribution in [0.2, 0.25) is 0 Å². The van der Waals surface area contributed by atoms with Crippen LogP contribution in [0.15, 0.2) is 0 Å².